The highest BCUT2D eigenvalue weighted by Gasteiger charge is 2.19. The van der Waals surface area contributed by atoms with E-state index in [-0.39, 0.29) is 0 Å². The van der Waals surface area contributed by atoms with Crippen molar-refractivity contribution in [2.45, 2.75) is 33.1 Å². The van der Waals surface area contributed by atoms with Gasteiger partial charge in [0.25, 0.3) is 0 Å². The van der Waals surface area contributed by atoms with Crippen LogP contribution in [-0.4, -0.2) is 11.5 Å². The van der Waals surface area contributed by atoms with E-state index in [1.807, 2.05) is 18.3 Å². The van der Waals surface area contributed by atoms with Crippen molar-refractivity contribution in [2.24, 2.45) is 11.1 Å². The molecule has 2 nitrogen and oxygen atoms in total. The highest BCUT2D eigenvalue weighted by atomic mass is 14.7. The summed E-state index contributed by atoms with van der Waals surface area (Å²) in [5.74, 6) is 0.385. The van der Waals surface area contributed by atoms with Crippen molar-refractivity contribution >= 4 is 0 Å². The van der Waals surface area contributed by atoms with E-state index in [0.717, 1.165) is 12.1 Å². The molecular formula is C12H20N2. The average molecular weight is 192 g/mol. The standard InChI is InChI=1S/C12H20N2/c1-12(2,3)8-10(9-13)11-6-4-5-7-14-11/h4-7,10H,8-9,13H2,1-3H3/t10-/m1/s1. The Morgan fingerprint density at radius 2 is 2.07 bits per heavy atom. The van der Waals surface area contributed by atoms with E-state index < -0.39 is 0 Å². The fourth-order valence-electron chi connectivity index (χ4n) is 1.67. The van der Waals surface area contributed by atoms with E-state index in [4.69, 9.17) is 5.73 Å². The lowest BCUT2D eigenvalue weighted by Crippen LogP contribution is -2.20. The molecule has 0 aliphatic carbocycles. The maximum Gasteiger partial charge on any atom is 0.0447 e. The monoisotopic (exact) mass is 192 g/mol. The molecule has 0 radical (unpaired) electrons. The quantitative estimate of drug-likeness (QED) is 0.799. The SMILES string of the molecule is CC(C)(C)C[C@H](CN)c1ccccn1. The van der Waals surface area contributed by atoms with Crippen molar-refractivity contribution in [1.82, 2.24) is 4.98 Å². The number of aromatic nitrogens is 1. The van der Waals surface area contributed by atoms with Gasteiger partial charge in [-0.05, 0) is 24.0 Å². The minimum Gasteiger partial charge on any atom is -0.330 e. The number of hydrogen-bond donors (Lipinski definition) is 1. The summed E-state index contributed by atoms with van der Waals surface area (Å²) in [4.78, 5) is 4.35. The van der Waals surface area contributed by atoms with Gasteiger partial charge in [0.2, 0.25) is 0 Å². The van der Waals surface area contributed by atoms with Crippen LogP contribution in [-0.2, 0) is 0 Å². The summed E-state index contributed by atoms with van der Waals surface area (Å²) in [6.45, 7) is 7.38. The first-order valence-corrected chi connectivity index (χ1v) is 5.14. The van der Waals surface area contributed by atoms with E-state index in [9.17, 15) is 0 Å². The normalized spacial score (nSPS) is 14.0. The van der Waals surface area contributed by atoms with E-state index in [2.05, 4.69) is 31.8 Å². The van der Waals surface area contributed by atoms with Crippen LogP contribution in [0, 0.1) is 5.41 Å². The van der Waals surface area contributed by atoms with Gasteiger partial charge in [0, 0.05) is 24.4 Å². The summed E-state index contributed by atoms with van der Waals surface area (Å²) < 4.78 is 0. The first-order valence-electron chi connectivity index (χ1n) is 5.14. The number of pyridine rings is 1. The largest absolute Gasteiger partial charge is 0.330 e. The predicted octanol–water partition coefficient (Wildman–Crippen LogP) is 2.56. The molecule has 1 heterocycles. The third-order valence-corrected chi connectivity index (χ3v) is 2.25. The van der Waals surface area contributed by atoms with Crippen molar-refractivity contribution in [3.63, 3.8) is 0 Å². The molecule has 1 rings (SSSR count). The molecule has 0 aliphatic rings. The molecule has 0 spiro atoms. The summed E-state index contributed by atoms with van der Waals surface area (Å²) in [5.41, 5.74) is 7.19. The first kappa shape index (κ1) is 11.2. The predicted molar refractivity (Wildman–Crippen MR) is 60.1 cm³/mol. The van der Waals surface area contributed by atoms with Crippen LogP contribution in [0.15, 0.2) is 24.4 Å². The van der Waals surface area contributed by atoms with Crippen LogP contribution in [0.2, 0.25) is 0 Å². The Morgan fingerprint density at radius 3 is 2.50 bits per heavy atom. The highest BCUT2D eigenvalue weighted by molar-refractivity contribution is 5.10. The number of rotatable bonds is 3. The smallest absolute Gasteiger partial charge is 0.0447 e. The fourth-order valence-corrected chi connectivity index (χ4v) is 1.67. The Bertz CT molecular complexity index is 261. The number of nitrogens with two attached hydrogens (primary N) is 1. The van der Waals surface area contributed by atoms with Gasteiger partial charge in [0.05, 0.1) is 0 Å². The van der Waals surface area contributed by atoms with E-state index >= 15 is 0 Å². The molecule has 0 unspecified atom stereocenters. The fraction of sp³-hybridized carbons (Fsp3) is 0.583. The van der Waals surface area contributed by atoms with Crippen LogP contribution in [0.5, 0.6) is 0 Å². The third kappa shape index (κ3) is 3.46. The van der Waals surface area contributed by atoms with E-state index in [1.165, 1.54) is 0 Å². The van der Waals surface area contributed by atoms with Crippen molar-refractivity contribution in [3.05, 3.63) is 30.1 Å². The summed E-state index contributed by atoms with van der Waals surface area (Å²) in [6.07, 6.45) is 2.92. The Hall–Kier alpha value is -0.890. The zero-order valence-corrected chi connectivity index (χ0v) is 9.33. The third-order valence-electron chi connectivity index (χ3n) is 2.25. The Kier molecular flexibility index (Phi) is 3.64. The lowest BCUT2D eigenvalue weighted by atomic mass is 9.83. The van der Waals surface area contributed by atoms with Gasteiger partial charge in [-0.1, -0.05) is 26.8 Å². The van der Waals surface area contributed by atoms with Gasteiger partial charge in [-0.3, -0.25) is 4.98 Å². The second kappa shape index (κ2) is 4.56. The molecular weight excluding hydrogens is 172 g/mol. The molecule has 1 aromatic heterocycles. The second-order valence-electron chi connectivity index (χ2n) is 4.95. The molecule has 2 N–H and O–H groups in total. The minimum absolute atomic E-state index is 0.307. The maximum absolute atomic E-state index is 5.77. The zero-order chi connectivity index (χ0) is 10.6. The molecule has 0 bridgehead atoms. The first-order chi connectivity index (χ1) is 6.53. The van der Waals surface area contributed by atoms with E-state index in [1.54, 1.807) is 0 Å². The van der Waals surface area contributed by atoms with Gasteiger partial charge in [0.1, 0.15) is 0 Å². The number of hydrogen-bond acceptors (Lipinski definition) is 2. The molecule has 2 heteroatoms. The molecule has 1 atom stereocenters. The maximum atomic E-state index is 5.77. The van der Waals surface area contributed by atoms with Crippen molar-refractivity contribution in [3.8, 4) is 0 Å². The molecule has 0 saturated heterocycles. The van der Waals surface area contributed by atoms with Gasteiger partial charge in [-0.25, -0.2) is 0 Å². The molecule has 78 valence electrons. The molecule has 0 amide bonds. The number of nitrogens with zero attached hydrogens (tertiary/aromatic N) is 1. The van der Waals surface area contributed by atoms with Gasteiger partial charge in [-0.2, -0.15) is 0 Å². The summed E-state index contributed by atoms with van der Waals surface area (Å²) in [5, 5.41) is 0. The molecule has 0 aromatic carbocycles. The van der Waals surface area contributed by atoms with Crippen molar-refractivity contribution in [1.29, 1.82) is 0 Å². The van der Waals surface area contributed by atoms with E-state index in [0.29, 0.717) is 17.9 Å². The van der Waals surface area contributed by atoms with Crippen LogP contribution >= 0.6 is 0 Å². The lowest BCUT2D eigenvalue weighted by Gasteiger charge is -2.24. The Labute approximate surface area is 86.5 Å². The molecule has 0 saturated carbocycles. The minimum atomic E-state index is 0.307. The van der Waals surface area contributed by atoms with Crippen LogP contribution in [0.4, 0.5) is 0 Å². The van der Waals surface area contributed by atoms with Gasteiger partial charge >= 0.3 is 0 Å². The lowest BCUT2D eigenvalue weighted by molar-refractivity contribution is 0.339. The van der Waals surface area contributed by atoms with Gasteiger partial charge in [0.15, 0.2) is 0 Å². The molecule has 0 aliphatic heterocycles. The second-order valence-corrected chi connectivity index (χ2v) is 4.95. The van der Waals surface area contributed by atoms with Gasteiger partial charge in [-0.15, -0.1) is 0 Å². The summed E-state index contributed by atoms with van der Waals surface area (Å²) in [6, 6.07) is 6.02. The highest BCUT2D eigenvalue weighted by Crippen LogP contribution is 2.29. The van der Waals surface area contributed by atoms with Gasteiger partial charge < -0.3 is 5.73 Å². The van der Waals surface area contributed by atoms with Crippen LogP contribution in [0.3, 0.4) is 0 Å². The molecule has 14 heavy (non-hydrogen) atoms. The molecule has 1 aromatic rings. The molecule has 0 fully saturated rings. The Morgan fingerprint density at radius 1 is 1.36 bits per heavy atom. The van der Waals surface area contributed by atoms with Crippen LogP contribution in [0.1, 0.15) is 38.8 Å². The topological polar surface area (TPSA) is 38.9 Å². The average Bonchev–Trinajstić information content (AvgIpc) is 2.14. The summed E-state index contributed by atoms with van der Waals surface area (Å²) >= 11 is 0. The summed E-state index contributed by atoms with van der Waals surface area (Å²) in [7, 11) is 0. The Balaban J connectivity index is 2.73. The van der Waals surface area contributed by atoms with Crippen LogP contribution in [0.25, 0.3) is 0 Å². The zero-order valence-electron chi connectivity index (χ0n) is 9.33. The van der Waals surface area contributed by atoms with Crippen LogP contribution < -0.4 is 5.73 Å². The van der Waals surface area contributed by atoms with Crippen molar-refractivity contribution in [2.75, 3.05) is 6.54 Å². The van der Waals surface area contributed by atoms with Crippen molar-refractivity contribution < 1.29 is 0 Å².